The van der Waals surface area contributed by atoms with Crippen molar-refractivity contribution in [1.82, 2.24) is 0 Å². The van der Waals surface area contributed by atoms with Crippen molar-refractivity contribution in [2.24, 2.45) is 0 Å². The Labute approximate surface area is 115 Å². The van der Waals surface area contributed by atoms with Crippen molar-refractivity contribution in [1.29, 1.82) is 0 Å². The fraction of sp³-hybridized carbons (Fsp3) is 0.111. The SMILES string of the molecule is C\C=C/C=C(\C=C/C)Nc1cccc2ccccc12. The van der Waals surface area contributed by atoms with E-state index in [1.807, 2.05) is 32.1 Å². The van der Waals surface area contributed by atoms with Crippen LogP contribution in [-0.4, -0.2) is 0 Å². The summed E-state index contributed by atoms with van der Waals surface area (Å²) >= 11 is 0. The van der Waals surface area contributed by atoms with Gasteiger partial charge < -0.3 is 5.32 Å². The van der Waals surface area contributed by atoms with Gasteiger partial charge in [0.2, 0.25) is 0 Å². The van der Waals surface area contributed by atoms with Crippen LogP contribution in [0.5, 0.6) is 0 Å². The van der Waals surface area contributed by atoms with E-state index in [0.717, 1.165) is 11.4 Å². The molecular weight excluding hydrogens is 230 g/mol. The number of hydrogen-bond donors (Lipinski definition) is 1. The number of rotatable bonds is 4. The van der Waals surface area contributed by atoms with E-state index in [-0.39, 0.29) is 0 Å². The molecule has 1 heteroatoms. The molecule has 19 heavy (non-hydrogen) atoms. The van der Waals surface area contributed by atoms with Crippen molar-refractivity contribution >= 4 is 16.5 Å². The molecular formula is C18H19N. The maximum absolute atomic E-state index is 3.48. The van der Waals surface area contributed by atoms with Gasteiger partial charge >= 0.3 is 0 Å². The summed E-state index contributed by atoms with van der Waals surface area (Å²) in [7, 11) is 0. The number of benzene rings is 2. The van der Waals surface area contributed by atoms with Crippen LogP contribution in [0.15, 0.2) is 78.5 Å². The van der Waals surface area contributed by atoms with Gasteiger partial charge in [0.05, 0.1) is 0 Å². The summed E-state index contributed by atoms with van der Waals surface area (Å²) in [5.74, 6) is 0. The normalized spacial score (nSPS) is 12.6. The van der Waals surface area contributed by atoms with Crippen molar-refractivity contribution in [3.8, 4) is 0 Å². The lowest BCUT2D eigenvalue weighted by Crippen LogP contribution is -1.97. The average molecular weight is 249 g/mol. The highest BCUT2D eigenvalue weighted by Gasteiger charge is 2.00. The second kappa shape index (κ2) is 6.60. The van der Waals surface area contributed by atoms with E-state index in [4.69, 9.17) is 0 Å². The molecule has 0 amide bonds. The standard InChI is InChI=1S/C18H19N/c1-3-5-12-16(9-4-2)19-18-14-8-11-15-10-6-7-13-17(15)18/h3-14,19H,1-2H3/b5-3-,9-4-,16-12+. The molecule has 0 fully saturated rings. The second-order valence-corrected chi connectivity index (χ2v) is 4.30. The van der Waals surface area contributed by atoms with E-state index in [0.29, 0.717) is 0 Å². The molecule has 0 heterocycles. The first kappa shape index (κ1) is 13.2. The molecule has 1 nitrogen and oxygen atoms in total. The van der Waals surface area contributed by atoms with E-state index < -0.39 is 0 Å². The van der Waals surface area contributed by atoms with Crippen LogP contribution in [0.2, 0.25) is 0 Å². The molecule has 96 valence electrons. The Bertz CT molecular complexity index is 628. The Kier molecular flexibility index (Phi) is 4.57. The van der Waals surface area contributed by atoms with Crippen LogP contribution >= 0.6 is 0 Å². The zero-order valence-electron chi connectivity index (χ0n) is 11.4. The Morgan fingerprint density at radius 2 is 1.74 bits per heavy atom. The molecule has 0 aliphatic rings. The molecule has 0 saturated carbocycles. The Morgan fingerprint density at radius 3 is 2.53 bits per heavy atom. The Morgan fingerprint density at radius 1 is 0.947 bits per heavy atom. The molecule has 0 aliphatic heterocycles. The fourth-order valence-corrected chi connectivity index (χ4v) is 2.01. The summed E-state index contributed by atoms with van der Waals surface area (Å²) in [4.78, 5) is 0. The minimum Gasteiger partial charge on any atom is -0.355 e. The van der Waals surface area contributed by atoms with Gasteiger partial charge in [0, 0.05) is 16.8 Å². The lowest BCUT2D eigenvalue weighted by atomic mass is 10.1. The topological polar surface area (TPSA) is 12.0 Å². The van der Waals surface area contributed by atoms with Crippen molar-refractivity contribution in [3.63, 3.8) is 0 Å². The van der Waals surface area contributed by atoms with Gasteiger partial charge in [0.15, 0.2) is 0 Å². The van der Waals surface area contributed by atoms with Crippen molar-refractivity contribution in [3.05, 3.63) is 78.5 Å². The number of fused-ring (bicyclic) bond motifs is 1. The van der Waals surface area contributed by atoms with Crippen LogP contribution in [0, 0.1) is 0 Å². The monoisotopic (exact) mass is 249 g/mol. The smallest absolute Gasteiger partial charge is 0.0463 e. The van der Waals surface area contributed by atoms with Crippen LogP contribution in [0.3, 0.4) is 0 Å². The summed E-state index contributed by atoms with van der Waals surface area (Å²) < 4.78 is 0. The van der Waals surface area contributed by atoms with Gasteiger partial charge in [-0.3, -0.25) is 0 Å². The highest BCUT2D eigenvalue weighted by atomic mass is 14.9. The molecule has 0 saturated heterocycles. The molecule has 0 aliphatic carbocycles. The maximum Gasteiger partial charge on any atom is 0.0463 e. The van der Waals surface area contributed by atoms with Gasteiger partial charge in [-0.1, -0.05) is 54.6 Å². The summed E-state index contributed by atoms with van der Waals surface area (Å²) in [5.41, 5.74) is 2.21. The fourth-order valence-electron chi connectivity index (χ4n) is 2.01. The minimum atomic E-state index is 1.08. The molecule has 2 aromatic carbocycles. The Hall–Kier alpha value is -2.28. The summed E-state index contributed by atoms with van der Waals surface area (Å²) in [5, 5.41) is 5.97. The number of anilines is 1. The summed E-state index contributed by atoms with van der Waals surface area (Å²) in [6, 6.07) is 14.7. The van der Waals surface area contributed by atoms with Gasteiger partial charge in [-0.2, -0.15) is 0 Å². The molecule has 0 atom stereocenters. The molecule has 0 spiro atoms. The van der Waals surface area contributed by atoms with E-state index in [9.17, 15) is 0 Å². The quantitative estimate of drug-likeness (QED) is 0.726. The first-order valence-corrected chi connectivity index (χ1v) is 6.55. The lowest BCUT2D eigenvalue weighted by molar-refractivity contribution is 1.47. The largest absolute Gasteiger partial charge is 0.355 e. The highest BCUT2D eigenvalue weighted by molar-refractivity contribution is 5.94. The van der Waals surface area contributed by atoms with E-state index in [1.165, 1.54) is 10.8 Å². The second-order valence-electron chi connectivity index (χ2n) is 4.30. The molecule has 0 aromatic heterocycles. The van der Waals surface area contributed by atoms with E-state index in [1.54, 1.807) is 0 Å². The maximum atomic E-state index is 3.48. The molecule has 2 rings (SSSR count). The third-order valence-electron chi connectivity index (χ3n) is 2.88. The third kappa shape index (κ3) is 3.35. The van der Waals surface area contributed by atoms with Gasteiger partial charge in [-0.15, -0.1) is 0 Å². The molecule has 0 radical (unpaired) electrons. The Balaban J connectivity index is 2.39. The number of hydrogen-bond acceptors (Lipinski definition) is 1. The highest BCUT2D eigenvalue weighted by Crippen LogP contribution is 2.24. The molecule has 0 bridgehead atoms. The van der Waals surface area contributed by atoms with Crippen LogP contribution < -0.4 is 5.32 Å². The first-order valence-electron chi connectivity index (χ1n) is 6.55. The van der Waals surface area contributed by atoms with Crippen LogP contribution in [0.25, 0.3) is 10.8 Å². The minimum absolute atomic E-state index is 1.08. The van der Waals surface area contributed by atoms with Crippen LogP contribution in [-0.2, 0) is 0 Å². The number of nitrogens with one attached hydrogen (secondary N) is 1. The molecule has 0 unspecified atom stereocenters. The number of allylic oxidation sites excluding steroid dienone is 5. The van der Waals surface area contributed by atoms with Gasteiger partial charge in [0.1, 0.15) is 0 Å². The van der Waals surface area contributed by atoms with Gasteiger partial charge in [0.25, 0.3) is 0 Å². The van der Waals surface area contributed by atoms with E-state index >= 15 is 0 Å². The summed E-state index contributed by atoms with van der Waals surface area (Å²) in [6.45, 7) is 4.04. The first-order chi connectivity index (χ1) is 9.35. The van der Waals surface area contributed by atoms with Crippen molar-refractivity contribution in [2.45, 2.75) is 13.8 Å². The van der Waals surface area contributed by atoms with Crippen LogP contribution in [0.4, 0.5) is 5.69 Å². The summed E-state index contributed by atoms with van der Waals surface area (Å²) in [6.07, 6.45) is 10.2. The zero-order valence-corrected chi connectivity index (χ0v) is 11.4. The zero-order chi connectivity index (χ0) is 13.5. The van der Waals surface area contributed by atoms with Gasteiger partial charge in [-0.25, -0.2) is 0 Å². The van der Waals surface area contributed by atoms with Crippen molar-refractivity contribution in [2.75, 3.05) is 5.32 Å². The molecule has 1 N–H and O–H groups in total. The molecule has 2 aromatic rings. The predicted octanol–water partition coefficient (Wildman–Crippen LogP) is 5.29. The van der Waals surface area contributed by atoms with E-state index in [2.05, 4.69) is 59.9 Å². The average Bonchev–Trinajstić information content (AvgIpc) is 2.45. The third-order valence-corrected chi connectivity index (χ3v) is 2.88. The van der Waals surface area contributed by atoms with Crippen molar-refractivity contribution < 1.29 is 0 Å². The lowest BCUT2D eigenvalue weighted by Gasteiger charge is -2.10. The van der Waals surface area contributed by atoms with Gasteiger partial charge in [-0.05, 0) is 37.5 Å². The van der Waals surface area contributed by atoms with Crippen LogP contribution in [0.1, 0.15) is 13.8 Å². The predicted molar refractivity (Wildman–Crippen MR) is 85.3 cm³/mol.